The molecule has 0 saturated heterocycles. The van der Waals surface area contributed by atoms with E-state index < -0.39 is 0 Å². The van der Waals surface area contributed by atoms with Crippen molar-refractivity contribution in [1.29, 1.82) is 0 Å². The predicted molar refractivity (Wildman–Crippen MR) is 99.3 cm³/mol. The fourth-order valence-electron chi connectivity index (χ4n) is 2.36. The fourth-order valence-corrected chi connectivity index (χ4v) is 2.36. The summed E-state index contributed by atoms with van der Waals surface area (Å²) in [5, 5.41) is 5.34. The van der Waals surface area contributed by atoms with Gasteiger partial charge in [-0.3, -0.25) is 14.4 Å². The second-order valence-corrected chi connectivity index (χ2v) is 5.67. The van der Waals surface area contributed by atoms with Crippen LogP contribution in [0.4, 0.5) is 11.4 Å². The molecule has 0 aliphatic heterocycles. The third-order valence-electron chi connectivity index (χ3n) is 3.54. The van der Waals surface area contributed by atoms with E-state index in [1.807, 2.05) is 6.07 Å². The van der Waals surface area contributed by atoms with Crippen LogP contribution in [-0.4, -0.2) is 43.3 Å². The van der Waals surface area contributed by atoms with E-state index in [0.29, 0.717) is 22.7 Å². The Kier molecular flexibility index (Phi) is 6.32. The van der Waals surface area contributed by atoms with Crippen LogP contribution in [0.15, 0.2) is 48.5 Å². The van der Waals surface area contributed by atoms with Gasteiger partial charge >= 0.3 is 0 Å². The highest BCUT2D eigenvalue weighted by Crippen LogP contribution is 2.27. The lowest BCUT2D eigenvalue weighted by molar-refractivity contribution is -0.116. The van der Waals surface area contributed by atoms with Gasteiger partial charge in [0.25, 0.3) is 5.91 Å². The molecule has 0 aliphatic rings. The van der Waals surface area contributed by atoms with Crippen molar-refractivity contribution in [3.05, 3.63) is 54.1 Å². The lowest BCUT2D eigenvalue weighted by atomic mass is 10.2. The summed E-state index contributed by atoms with van der Waals surface area (Å²) in [5.41, 5.74) is 1.45. The SMILES string of the molecule is COc1ccc(NC(=O)CN(C)C(=O)c2ccccc2)cc1NC(C)=O. The van der Waals surface area contributed by atoms with E-state index in [4.69, 9.17) is 4.74 Å². The third-order valence-corrected chi connectivity index (χ3v) is 3.54. The Balaban J connectivity index is 2.03. The van der Waals surface area contributed by atoms with Gasteiger partial charge in [-0.05, 0) is 30.3 Å². The van der Waals surface area contributed by atoms with Gasteiger partial charge < -0.3 is 20.3 Å². The van der Waals surface area contributed by atoms with Crippen LogP contribution in [0.1, 0.15) is 17.3 Å². The first kappa shape index (κ1) is 19.0. The Labute approximate surface area is 152 Å². The van der Waals surface area contributed by atoms with Gasteiger partial charge in [-0.25, -0.2) is 0 Å². The van der Waals surface area contributed by atoms with Crippen LogP contribution in [-0.2, 0) is 9.59 Å². The Hall–Kier alpha value is -3.35. The number of anilines is 2. The van der Waals surface area contributed by atoms with Gasteiger partial charge in [-0.15, -0.1) is 0 Å². The number of nitrogens with zero attached hydrogens (tertiary/aromatic N) is 1. The van der Waals surface area contributed by atoms with Crippen molar-refractivity contribution >= 4 is 29.1 Å². The lowest BCUT2D eigenvalue weighted by Gasteiger charge is -2.17. The molecule has 2 rings (SSSR count). The highest BCUT2D eigenvalue weighted by atomic mass is 16.5. The molecule has 136 valence electrons. The number of likely N-dealkylation sites (N-methyl/N-ethyl adjacent to an activating group) is 1. The Morgan fingerprint density at radius 2 is 1.73 bits per heavy atom. The number of ether oxygens (including phenoxy) is 1. The third kappa shape index (κ3) is 5.07. The van der Waals surface area contributed by atoms with Gasteiger partial charge in [0.05, 0.1) is 19.3 Å². The Morgan fingerprint density at radius 3 is 2.35 bits per heavy atom. The molecular weight excluding hydrogens is 334 g/mol. The summed E-state index contributed by atoms with van der Waals surface area (Å²) in [6, 6.07) is 13.6. The van der Waals surface area contributed by atoms with Crippen LogP contribution < -0.4 is 15.4 Å². The Bertz CT molecular complexity index is 806. The molecule has 7 nitrogen and oxygen atoms in total. The van der Waals surface area contributed by atoms with E-state index >= 15 is 0 Å². The molecule has 2 aromatic carbocycles. The first-order valence-electron chi connectivity index (χ1n) is 7.96. The van der Waals surface area contributed by atoms with E-state index in [-0.39, 0.29) is 24.3 Å². The van der Waals surface area contributed by atoms with E-state index in [1.165, 1.54) is 18.9 Å². The molecular formula is C19H21N3O4. The smallest absolute Gasteiger partial charge is 0.254 e. The molecule has 26 heavy (non-hydrogen) atoms. The summed E-state index contributed by atoms with van der Waals surface area (Å²) in [4.78, 5) is 37.1. The molecule has 0 aromatic heterocycles. The van der Waals surface area contributed by atoms with Gasteiger partial charge in [-0.2, -0.15) is 0 Å². The summed E-state index contributed by atoms with van der Waals surface area (Å²) in [7, 11) is 3.05. The van der Waals surface area contributed by atoms with Gasteiger partial charge in [0.1, 0.15) is 5.75 Å². The first-order valence-corrected chi connectivity index (χ1v) is 7.96. The average molecular weight is 355 g/mol. The monoisotopic (exact) mass is 355 g/mol. The first-order chi connectivity index (χ1) is 12.4. The van der Waals surface area contributed by atoms with Crippen LogP contribution in [0, 0.1) is 0 Å². The van der Waals surface area contributed by atoms with Crippen LogP contribution in [0.3, 0.4) is 0 Å². The van der Waals surface area contributed by atoms with Gasteiger partial charge in [0.15, 0.2) is 0 Å². The predicted octanol–water partition coefficient (Wildman–Crippen LogP) is 2.36. The summed E-state index contributed by atoms with van der Waals surface area (Å²) >= 11 is 0. The van der Waals surface area contributed by atoms with Crippen LogP contribution in [0.2, 0.25) is 0 Å². The second kappa shape index (κ2) is 8.66. The number of methoxy groups -OCH3 is 1. The zero-order chi connectivity index (χ0) is 19.1. The Morgan fingerprint density at radius 1 is 1.04 bits per heavy atom. The minimum Gasteiger partial charge on any atom is -0.495 e. The second-order valence-electron chi connectivity index (χ2n) is 5.67. The zero-order valence-corrected chi connectivity index (χ0v) is 14.9. The molecule has 0 unspecified atom stereocenters. The number of nitrogens with one attached hydrogen (secondary N) is 2. The molecule has 0 bridgehead atoms. The summed E-state index contributed by atoms with van der Waals surface area (Å²) in [6.07, 6.45) is 0. The zero-order valence-electron chi connectivity index (χ0n) is 14.9. The summed E-state index contributed by atoms with van der Waals surface area (Å²) in [5.74, 6) is -0.361. The number of hydrogen-bond donors (Lipinski definition) is 2. The van der Waals surface area contributed by atoms with Crippen molar-refractivity contribution in [3.8, 4) is 5.75 Å². The molecule has 7 heteroatoms. The van der Waals surface area contributed by atoms with E-state index in [0.717, 1.165) is 0 Å². The molecule has 2 aromatic rings. The normalized spacial score (nSPS) is 9.96. The minimum absolute atomic E-state index is 0.102. The van der Waals surface area contributed by atoms with E-state index in [2.05, 4.69) is 10.6 Å². The standard InChI is InChI=1S/C19H21N3O4/c1-13(23)20-16-11-15(9-10-17(16)26-3)21-18(24)12-22(2)19(25)14-7-5-4-6-8-14/h4-11H,12H2,1-3H3,(H,20,23)(H,21,24). The van der Waals surface area contributed by atoms with Gasteiger partial charge in [0, 0.05) is 25.2 Å². The van der Waals surface area contributed by atoms with Crippen molar-refractivity contribution in [2.24, 2.45) is 0 Å². The van der Waals surface area contributed by atoms with Gasteiger partial charge in [0.2, 0.25) is 11.8 Å². The van der Waals surface area contributed by atoms with E-state index in [1.54, 1.807) is 49.5 Å². The maximum Gasteiger partial charge on any atom is 0.254 e. The number of benzene rings is 2. The minimum atomic E-state index is -0.351. The molecule has 0 fully saturated rings. The van der Waals surface area contributed by atoms with Crippen LogP contribution >= 0.6 is 0 Å². The maximum atomic E-state index is 12.3. The van der Waals surface area contributed by atoms with Crippen LogP contribution in [0.5, 0.6) is 5.75 Å². The van der Waals surface area contributed by atoms with Crippen molar-refractivity contribution in [2.45, 2.75) is 6.92 Å². The van der Waals surface area contributed by atoms with Gasteiger partial charge in [-0.1, -0.05) is 18.2 Å². The maximum absolute atomic E-state index is 12.3. The molecule has 2 N–H and O–H groups in total. The summed E-state index contributed by atoms with van der Waals surface area (Å²) in [6.45, 7) is 1.28. The molecule has 3 amide bonds. The molecule has 0 radical (unpaired) electrons. The summed E-state index contributed by atoms with van der Waals surface area (Å²) < 4.78 is 5.17. The van der Waals surface area contributed by atoms with E-state index in [9.17, 15) is 14.4 Å². The quantitative estimate of drug-likeness (QED) is 0.833. The average Bonchev–Trinajstić information content (AvgIpc) is 2.61. The number of carbonyl (C=O) groups excluding carboxylic acids is 3. The van der Waals surface area contributed by atoms with Crippen molar-refractivity contribution < 1.29 is 19.1 Å². The number of hydrogen-bond acceptors (Lipinski definition) is 4. The molecule has 0 aliphatic carbocycles. The van der Waals surface area contributed by atoms with Crippen molar-refractivity contribution in [3.63, 3.8) is 0 Å². The van der Waals surface area contributed by atoms with Crippen molar-refractivity contribution in [1.82, 2.24) is 4.90 Å². The topological polar surface area (TPSA) is 87.7 Å². The lowest BCUT2D eigenvalue weighted by Crippen LogP contribution is -2.34. The van der Waals surface area contributed by atoms with Crippen molar-refractivity contribution in [2.75, 3.05) is 31.3 Å². The fraction of sp³-hybridized carbons (Fsp3) is 0.211. The highest BCUT2D eigenvalue weighted by molar-refractivity contribution is 5.99. The number of amides is 3. The molecule has 0 spiro atoms. The number of rotatable bonds is 6. The largest absolute Gasteiger partial charge is 0.495 e. The molecule has 0 saturated carbocycles. The molecule has 0 atom stereocenters. The molecule has 0 heterocycles. The highest BCUT2D eigenvalue weighted by Gasteiger charge is 2.15. The van der Waals surface area contributed by atoms with Crippen LogP contribution in [0.25, 0.3) is 0 Å². The number of carbonyl (C=O) groups is 3.